The molecular formula is C11H17N5O3. The average Bonchev–Trinajstić information content (AvgIpc) is 2.39. The number of rotatable bonds is 4. The first-order valence-corrected chi connectivity index (χ1v) is 6.18. The zero-order chi connectivity index (χ0) is 13.8. The van der Waals surface area contributed by atoms with E-state index in [4.69, 9.17) is 0 Å². The Morgan fingerprint density at radius 2 is 1.95 bits per heavy atom. The average molecular weight is 267 g/mol. The number of piperazine rings is 1. The zero-order valence-electron chi connectivity index (χ0n) is 10.8. The van der Waals surface area contributed by atoms with Crippen molar-refractivity contribution < 1.29 is 10.0 Å². The van der Waals surface area contributed by atoms with Crippen molar-refractivity contribution in [3.8, 4) is 0 Å². The van der Waals surface area contributed by atoms with E-state index >= 15 is 0 Å². The van der Waals surface area contributed by atoms with Gasteiger partial charge in [0, 0.05) is 32.7 Å². The molecule has 0 radical (unpaired) electrons. The Kier molecular flexibility index (Phi) is 4.23. The number of β-amino-alcohol motifs (C(OH)–C–C–N with tert-alkyl or cyclic N) is 1. The number of aliphatic hydroxyl groups is 1. The van der Waals surface area contributed by atoms with Crippen LogP contribution in [0.15, 0.2) is 12.4 Å². The molecule has 0 saturated carbocycles. The van der Waals surface area contributed by atoms with Crippen LogP contribution in [0.25, 0.3) is 0 Å². The first kappa shape index (κ1) is 13.6. The molecule has 0 amide bonds. The molecule has 0 bridgehead atoms. The SMILES string of the molecule is C[C@@H](O)CN1CCN(c2ncc([N+](=O)[O-])cn2)CC1. The van der Waals surface area contributed by atoms with E-state index in [1.54, 1.807) is 6.92 Å². The molecule has 1 saturated heterocycles. The molecule has 1 fully saturated rings. The maximum atomic E-state index is 10.5. The molecule has 8 nitrogen and oxygen atoms in total. The largest absolute Gasteiger partial charge is 0.392 e. The molecule has 1 atom stereocenters. The molecule has 8 heteroatoms. The molecule has 0 aromatic carbocycles. The molecule has 1 aliphatic rings. The van der Waals surface area contributed by atoms with Crippen molar-refractivity contribution in [2.75, 3.05) is 37.6 Å². The molecular weight excluding hydrogens is 250 g/mol. The van der Waals surface area contributed by atoms with Crippen molar-refractivity contribution in [2.45, 2.75) is 13.0 Å². The van der Waals surface area contributed by atoms with Crippen LogP contribution in [0.2, 0.25) is 0 Å². The van der Waals surface area contributed by atoms with Gasteiger partial charge >= 0.3 is 5.69 Å². The number of hydrogen-bond donors (Lipinski definition) is 1. The summed E-state index contributed by atoms with van der Waals surface area (Å²) in [5.74, 6) is 0.516. The lowest BCUT2D eigenvalue weighted by Gasteiger charge is -2.35. The molecule has 1 aromatic rings. The minimum absolute atomic E-state index is 0.100. The highest BCUT2D eigenvalue weighted by Gasteiger charge is 2.20. The summed E-state index contributed by atoms with van der Waals surface area (Å²) in [6, 6.07) is 0. The van der Waals surface area contributed by atoms with Crippen LogP contribution in [-0.4, -0.2) is 63.7 Å². The number of aliphatic hydroxyl groups excluding tert-OH is 1. The highest BCUT2D eigenvalue weighted by atomic mass is 16.6. The van der Waals surface area contributed by atoms with Crippen LogP contribution in [0, 0.1) is 10.1 Å². The van der Waals surface area contributed by atoms with Crippen LogP contribution in [-0.2, 0) is 0 Å². The number of nitro groups is 1. The van der Waals surface area contributed by atoms with Crippen LogP contribution in [0.5, 0.6) is 0 Å². The Labute approximate surface area is 110 Å². The number of aromatic nitrogens is 2. The van der Waals surface area contributed by atoms with E-state index in [-0.39, 0.29) is 11.8 Å². The van der Waals surface area contributed by atoms with Crippen molar-refractivity contribution in [3.63, 3.8) is 0 Å². The molecule has 2 rings (SSSR count). The maximum Gasteiger partial charge on any atom is 0.305 e. The van der Waals surface area contributed by atoms with E-state index in [0.717, 1.165) is 26.2 Å². The molecule has 0 aliphatic carbocycles. The Bertz CT molecular complexity index is 428. The van der Waals surface area contributed by atoms with Gasteiger partial charge in [-0.1, -0.05) is 0 Å². The Balaban J connectivity index is 1.92. The number of anilines is 1. The summed E-state index contributed by atoms with van der Waals surface area (Å²) in [5, 5.41) is 19.8. The van der Waals surface area contributed by atoms with Gasteiger partial charge in [0.1, 0.15) is 12.4 Å². The van der Waals surface area contributed by atoms with Crippen LogP contribution in [0.1, 0.15) is 6.92 Å². The van der Waals surface area contributed by atoms with Gasteiger partial charge < -0.3 is 10.0 Å². The van der Waals surface area contributed by atoms with Gasteiger partial charge in [-0.2, -0.15) is 0 Å². The standard InChI is InChI=1S/C11H17N5O3/c1-9(17)8-14-2-4-15(5-3-14)11-12-6-10(7-13-11)16(18)19/h6-7,9,17H,2-5,8H2,1H3/t9-/m1/s1. The van der Waals surface area contributed by atoms with Crippen molar-refractivity contribution >= 4 is 11.6 Å². The highest BCUT2D eigenvalue weighted by Crippen LogP contribution is 2.14. The summed E-state index contributed by atoms with van der Waals surface area (Å²) in [6.07, 6.45) is 2.12. The Morgan fingerprint density at radius 1 is 1.37 bits per heavy atom. The van der Waals surface area contributed by atoms with Crippen molar-refractivity contribution in [2.24, 2.45) is 0 Å². The molecule has 0 spiro atoms. The summed E-state index contributed by atoms with van der Waals surface area (Å²) in [5.41, 5.74) is -0.100. The van der Waals surface area contributed by atoms with Crippen LogP contribution >= 0.6 is 0 Å². The van der Waals surface area contributed by atoms with Gasteiger partial charge in [0.25, 0.3) is 0 Å². The predicted molar refractivity (Wildman–Crippen MR) is 69.0 cm³/mol. The Morgan fingerprint density at radius 3 is 2.42 bits per heavy atom. The molecule has 1 aromatic heterocycles. The zero-order valence-corrected chi connectivity index (χ0v) is 10.8. The fraction of sp³-hybridized carbons (Fsp3) is 0.636. The molecule has 1 N–H and O–H groups in total. The van der Waals surface area contributed by atoms with Crippen molar-refractivity contribution in [1.82, 2.24) is 14.9 Å². The Hall–Kier alpha value is -1.80. The monoisotopic (exact) mass is 267 g/mol. The smallest absolute Gasteiger partial charge is 0.305 e. The lowest BCUT2D eigenvalue weighted by atomic mass is 10.3. The lowest BCUT2D eigenvalue weighted by molar-refractivity contribution is -0.385. The lowest BCUT2D eigenvalue weighted by Crippen LogP contribution is -2.48. The minimum Gasteiger partial charge on any atom is -0.392 e. The quantitative estimate of drug-likeness (QED) is 0.600. The van der Waals surface area contributed by atoms with Crippen LogP contribution in [0.3, 0.4) is 0 Å². The summed E-state index contributed by atoms with van der Waals surface area (Å²) in [6.45, 7) is 5.59. The van der Waals surface area contributed by atoms with Crippen molar-refractivity contribution in [3.05, 3.63) is 22.5 Å². The molecule has 2 heterocycles. The van der Waals surface area contributed by atoms with Gasteiger partial charge in [-0.3, -0.25) is 15.0 Å². The maximum absolute atomic E-state index is 10.5. The van der Waals surface area contributed by atoms with Gasteiger partial charge in [-0.05, 0) is 6.92 Å². The van der Waals surface area contributed by atoms with Crippen molar-refractivity contribution in [1.29, 1.82) is 0 Å². The second-order valence-corrected chi connectivity index (χ2v) is 4.64. The van der Waals surface area contributed by atoms with Gasteiger partial charge in [0.05, 0.1) is 11.0 Å². The van der Waals surface area contributed by atoms with E-state index in [9.17, 15) is 15.2 Å². The first-order chi connectivity index (χ1) is 9.06. The molecule has 19 heavy (non-hydrogen) atoms. The van der Waals surface area contributed by atoms with Gasteiger partial charge in [-0.25, -0.2) is 9.97 Å². The summed E-state index contributed by atoms with van der Waals surface area (Å²) < 4.78 is 0. The van der Waals surface area contributed by atoms with E-state index in [0.29, 0.717) is 12.5 Å². The first-order valence-electron chi connectivity index (χ1n) is 6.18. The molecule has 104 valence electrons. The van der Waals surface area contributed by atoms with Gasteiger partial charge in [0.2, 0.25) is 5.95 Å². The van der Waals surface area contributed by atoms with Gasteiger partial charge in [0.15, 0.2) is 0 Å². The summed E-state index contributed by atoms with van der Waals surface area (Å²) >= 11 is 0. The fourth-order valence-electron chi connectivity index (χ4n) is 2.08. The highest BCUT2D eigenvalue weighted by molar-refractivity contribution is 5.34. The third-order valence-corrected chi connectivity index (χ3v) is 3.01. The summed E-state index contributed by atoms with van der Waals surface area (Å²) in [7, 11) is 0. The third kappa shape index (κ3) is 3.58. The second kappa shape index (κ2) is 5.89. The fourth-order valence-corrected chi connectivity index (χ4v) is 2.08. The summed E-state index contributed by atoms with van der Waals surface area (Å²) in [4.78, 5) is 22.2. The third-order valence-electron chi connectivity index (χ3n) is 3.01. The number of hydrogen-bond acceptors (Lipinski definition) is 7. The van der Waals surface area contributed by atoms with E-state index in [1.807, 2.05) is 4.90 Å². The topological polar surface area (TPSA) is 95.6 Å². The number of nitrogens with zero attached hydrogens (tertiary/aromatic N) is 5. The van der Waals surface area contributed by atoms with E-state index in [1.165, 1.54) is 12.4 Å². The minimum atomic E-state index is -0.510. The van der Waals surface area contributed by atoms with Crippen LogP contribution in [0.4, 0.5) is 11.6 Å². The second-order valence-electron chi connectivity index (χ2n) is 4.64. The molecule has 1 aliphatic heterocycles. The molecule has 0 unspecified atom stereocenters. The van der Waals surface area contributed by atoms with Gasteiger partial charge in [-0.15, -0.1) is 0 Å². The predicted octanol–water partition coefficient (Wildman–Crippen LogP) is -0.112. The van der Waals surface area contributed by atoms with E-state index < -0.39 is 4.92 Å². The van der Waals surface area contributed by atoms with Crippen LogP contribution < -0.4 is 4.90 Å². The normalized spacial score (nSPS) is 18.3. The van der Waals surface area contributed by atoms with E-state index in [2.05, 4.69) is 14.9 Å².